The summed E-state index contributed by atoms with van der Waals surface area (Å²) >= 11 is 0. The van der Waals surface area contributed by atoms with Gasteiger partial charge in [-0.25, -0.2) is 19.9 Å². The summed E-state index contributed by atoms with van der Waals surface area (Å²) in [5.41, 5.74) is 9.20. The summed E-state index contributed by atoms with van der Waals surface area (Å²) in [6.07, 6.45) is 7.24. The maximum absolute atomic E-state index is 6.74. The molecule has 0 radical (unpaired) electrons. The van der Waals surface area contributed by atoms with E-state index < -0.39 is 0 Å². The molecule has 0 amide bonds. The van der Waals surface area contributed by atoms with Gasteiger partial charge in [0, 0.05) is 86.3 Å². The van der Waals surface area contributed by atoms with Crippen LogP contribution in [0, 0.1) is 0 Å². The molecule has 0 aliphatic rings. The number of anilines is 3. The van der Waals surface area contributed by atoms with Crippen molar-refractivity contribution in [2.24, 2.45) is 0 Å². The molecule has 6 aromatic heterocycles. The fraction of sp³-hybridized carbons (Fsp3) is 0. The number of hydrogen-bond donors (Lipinski definition) is 0. The van der Waals surface area contributed by atoms with E-state index in [0.717, 1.165) is 94.5 Å². The quantitative estimate of drug-likeness (QED) is 0.152. The number of rotatable bonds is 8. The van der Waals surface area contributed by atoms with E-state index in [0.29, 0.717) is 11.7 Å². The minimum absolute atomic E-state index is 0.565. The van der Waals surface area contributed by atoms with Gasteiger partial charge in [-0.3, -0.25) is 13.7 Å². The molecule has 13 aromatic rings. The molecule has 6 heterocycles. The number of nitrogens with zero attached hydrogens (tertiary/aromatic N) is 8. The van der Waals surface area contributed by atoms with Gasteiger partial charge in [0.2, 0.25) is 5.95 Å². The molecule has 0 unspecified atom stereocenters. The van der Waals surface area contributed by atoms with Crippen molar-refractivity contribution in [1.29, 1.82) is 0 Å². The summed E-state index contributed by atoms with van der Waals surface area (Å²) in [5.74, 6) is 3.70. The van der Waals surface area contributed by atoms with Gasteiger partial charge >= 0.3 is 0 Å². The van der Waals surface area contributed by atoms with Gasteiger partial charge in [0.05, 0.1) is 33.1 Å². The minimum atomic E-state index is 0.565. The van der Waals surface area contributed by atoms with Crippen molar-refractivity contribution in [1.82, 2.24) is 33.6 Å². The van der Waals surface area contributed by atoms with Crippen LogP contribution in [0.3, 0.4) is 0 Å². The first-order valence-electron chi connectivity index (χ1n) is 21.5. The highest BCUT2D eigenvalue weighted by Crippen LogP contribution is 2.43. The van der Waals surface area contributed by atoms with E-state index in [9.17, 15) is 0 Å². The molecule has 306 valence electrons. The number of hydrogen-bond acceptors (Lipinski definition) is 6. The Morgan fingerprint density at radius 3 is 1.28 bits per heavy atom. The molecule has 9 heteroatoms. The predicted octanol–water partition coefficient (Wildman–Crippen LogP) is 13.8. The molecule has 9 nitrogen and oxygen atoms in total. The van der Waals surface area contributed by atoms with Crippen molar-refractivity contribution >= 4 is 82.5 Å². The normalized spacial score (nSPS) is 11.7. The average Bonchev–Trinajstić information content (AvgIpc) is 4.00. The highest BCUT2D eigenvalue weighted by molar-refractivity contribution is 6.13. The van der Waals surface area contributed by atoms with Crippen molar-refractivity contribution in [2.75, 3.05) is 4.90 Å². The van der Waals surface area contributed by atoms with Crippen molar-refractivity contribution in [3.8, 4) is 29.1 Å². The lowest BCUT2D eigenvalue weighted by molar-refractivity contribution is 0.484. The van der Waals surface area contributed by atoms with E-state index >= 15 is 0 Å². The van der Waals surface area contributed by atoms with Crippen LogP contribution >= 0.6 is 0 Å². The van der Waals surface area contributed by atoms with Crippen LogP contribution in [0.1, 0.15) is 0 Å². The molecule has 7 aromatic carbocycles. The fourth-order valence-corrected chi connectivity index (χ4v) is 9.55. The van der Waals surface area contributed by atoms with Gasteiger partial charge in [-0.15, -0.1) is 0 Å². The number of para-hydroxylation sites is 3. The summed E-state index contributed by atoms with van der Waals surface area (Å²) in [4.78, 5) is 21.4. The zero-order chi connectivity index (χ0) is 42.8. The number of aromatic nitrogens is 7. The second-order valence-electron chi connectivity index (χ2n) is 16.0. The first kappa shape index (κ1) is 36.6. The van der Waals surface area contributed by atoms with E-state index in [4.69, 9.17) is 24.7 Å². The lowest BCUT2D eigenvalue weighted by atomic mass is 10.1. The SMILES string of the molecule is c1ccc(N(c2ccc3c4ccccc4n(-c4ccccn4)c3c2)c2ccc3c4ccc(Oc5ccc6c7ccccc7n(-c7ccccn7)c6c5)cc4n(-c4ncccn4)c3c2)cc1. The molecule has 65 heavy (non-hydrogen) atoms. The number of ether oxygens (including phenoxy) is 1. The Balaban J connectivity index is 0.969. The molecule has 0 saturated heterocycles. The van der Waals surface area contributed by atoms with Crippen LogP contribution < -0.4 is 9.64 Å². The molecule has 0 spiro atoms. The molecule has 0 aliphatic heterocycles. The third-order valence-electron chi connectivity index (χ3n) is 12.3. The van der Waals surface area contributed by atoms with Crippen LogP contribution in [0.5, 0.6) is 11.5 Å². The molecule has 0 N–H and O–H groups in total. The topological polar surface area (TPSA) is 78.8 Å². The summed E-state index contributed by atoms with van der Waals surface area (Å²) in [7, 11) is 0. The lowest BCUT2D eigenvalue weighted by Gasteiger charge is -2.26. The van der Waals surface area contributed by atoms with Crippen LogP contribution in [0.25, 0.3) is 83.0 Å². The molecule has 0 atom stereocenters. The molecule has 13 rings (SSSR count). The van der Waals surface area contributed by atoms with E-state index in [-0.39, 0.29) is 0 Å². The van der Waals surface area contributed by atoms with Gasteiger partial charge in [0.1, 0.15) is 23.1 Å². The minimum Gasteiger partial charge on any atom is -0.457 e. The van der Waals surface area contributed by atoms with Crippen molar-refractivity contribution in [3.63, 3.8) is 0 Å². The second-order valence-corrected chi connectivity index (χ2v) is 16.0. The van der Waals surface area contributed by atoms with Gasteiger partial charge in [-0.1, -0.05) is 78.9 Å². The number of pyridine rings is 2. The Bertz CT molecular complexity index is 3920. The number of fused-ring (bicyclic) bond motifs is 9. The highest BCUT2D eigenvalue weighted by atomic mass is 16.5. The Kier molecular flexibility index (Phi) is 8.32. The highest BCUT2D eigenvalue weighted by Gasteiger charge is 2.22. The van der Waals surface area contributed by atoms with Gasteiger partial charge in [-0.2, -0.15) is 0 Å². The van der Waals surface area contributed by atoms with Gasteiger partial charge in [0.25, 0.3) is 0 Å². The largest absolute Gasteiger partial charge is 0.457 e. The Morgan fingerprint density at radius 1 is 0.308 bits per heavy atom. The van der Waals surface area contributed by atoms with Gasteiger partial charge in [-0.05, 0) is 103 Å². The van der Waals surface area contributed by atoms with Crippen LogP contribution in [0.4, 0.5) is 17.1 Å². The van der Waals surface area contributed by atoms with Crippen LogP contribution in [0.15, 0.2) is 219 Å². The first-order valence-corrected chi connectivity index (χ1v) is 21.5. The Morgan fingerprint density at radius 2 is 0.738 bits per heavy atom. The zero-order valence-electron chi connectivity index (χ0n) is 34.8. The molecule has 0 fully saturated rings. The third-order valence-corrected chi connectivity index (χ3v) is 12.3. The molecular weight excluding hydrogens is 801 g/mol. The number of benzene rings is 7. The third kappa shape index (κ3) is 5.94. The summed E-state index contributed by atoms with van der Waals surface area (Å²) in [6.45, 7) is 0. The van der Waals surface area contributed by atoms with E-state index in [1.807, 2.05) is 60.9 Å². The van der Waals surface area contributed by atoms with Gasteiger partial charge in [0.15, 0.2) is 0 Å². The summed E-state index contributed by atoms with van der Waals surface area (Å²) in [5, 5.41) is 6.76. The van der Waals surface area contributed by atoms with Crippen molar-refractivity contribution < 1.29 is 4.74 Å². The predicted molar refractivity (Wildman–Crippen MR) is 262 cm³/mol. The molecule has 0 saturated carbocycles. The van der Waals surface area contributed by atoms with E-state index in [2.05, 4.69) is 164 Å². The first-order chi connectivity index (χ1) is 32.2. The van der Waals surface area contributed by atoms with Crippen LogP contribution in [-0.4, -0.2) is 33.6 Å². The monoisotopic (exact) mass is 836 g/mol. The Labute approximate surface area is 372 Å². The van der Waals surface area contributed by atoms with E-state index in [1.54, 1.807) is 12.4 Å². The molecular formula is C56H36N8O. The van der Waals surface area contributed by atoms with Gasteiger partial charge < -0.3 is 9.64 Å². The zero-order valence-corrected chi connectivity index (χ0v) is 34.8. The van der Waals surface area contributed by atoms with Crippen LogP contribution in [-0.2, 0) is 0 Å². The fourth-order valence-electron chi connectivity index (χ4n) is 9.55. The van der Waals surface area contributed by atoms with E-state index in [1.165, 1.54) is 5.39 Å². The standard InChI is InChI=1S/C56H36N8O/c1-2-13-37(14-3-1)61(38-21-25-44-42-15-4-6-17-48(42)62(50(44)33-38)54-19-8-10-29-57-54)39-22-26-45-47-28-24-41(36-53(47)64(51(45)34-39)56-59-31-12-32-60-56)65-40-23-27-46-43-16-5-7-18-49(43)63(52(46)35-40)55-20-9-11-30-58-55/h1-36H. The Hall–Kier alpha value is -9.08. The lowest BCUT2D eigenvalue weighted by Crippen LogP contribution is -2.10. The van der Waals surface area contributed by atoms with Crippen LogP contribution in [0.2, 0.25) is 0 Å². The maximum Gasteiger partial charge on any atom is 0.234 e. The maximum atomic E-state index is 6.74. The molecule has 0 aliphatic carbocycles. The summed E-state index contributed by atoms with van der Waals surface area (Å²) in [6, 6.07) is 67.2. The average molecular weight is 837 g/mol. The molecule has 0 bridgehead atoms. The summed E-state index contributed by atoms with van der Waals surface area (Å²) < 4.78 is 13.3. The second kappa shape index (κ2) is 14.8. The smallest absolute Gasteiger partial charge is 0.234 e. The van der Waals surface area contributed by atoms with Crippen molar-refractivity contribution in [3.05, 3.63) is 219 Å². The van der Waals surface area contributed by atoms with Crippen molar-refractivity contribution in [2.45, 2.75) is 0 Å².